The molecule has 0 aliphatic carbocycles. The van der Waals surface area contributed by atoms with Gasteiger partial charge in [-0.2, -0.15) is 0 Å². The lowest BCUT2D eigenvalue weighted by molar-refractivity contribution is -0.136. The van der Waals surface area contributed by atoms with Crippen LogP contribution < -0.4 is 10.6 Å². The van der Waals surface area contributed by atoms with Crippen LogP contribution in [0.25, 0.3) is 0 Å². The van der Waals surface area contributed by atoms with Gasteiger partial charge in [-0.3, -0.25) is 0 Å². The average Bonchev–Trinajstić information content (AvgIpc) is 2.51. The van der Waals surface area contributed by atoms with Gasteiger partial charge in [0.1, 0.15) is 0 Å². The summed E-state index contributed by atoms with van der Waals surface area (Å²) in [4.78, 5) is 22.2. The summed E-state index contributed by atoms with van der Waals surface area (Å²) in [6.45, 7) is 0.342. The van der Waals surface area contributed by atoms with E-state index in [9.17, 15) is 18.4 Å². The third-order valence-corrected chi connectivity index (χ3v) is 2.60. The summed E-state index contributed by atoms with van der Waals surface area (Å²) in [6, 6.07) is 4.70. The van der Waals surface area contributed by atoms with E-state index in [1.807, 2.05) is 0 Å². The Morgan fingerprint density at radius 2 is 1.82 bits per heavy atom. The maximum absolute atomic E-state index is 11.9. The van der Waals surface area contributed by atoms with Crippen molar-refractivity contribution in [2.24, 2.45) is 0 Å². The van der Waals surface area contributed by atoms with Gasteiger partial charge in [-0.1, -0.05) is 12.1 Å². The summed E-state index contributed by atoms with van der Waals surface area (Å²) < 4.78 is 33.3. The molecule has 2 amide bonds. The van der Waals surface area contributed by atoms with E-state index in [-0.39, 0.29) is 19.2 Å². The zero-order valence-electron chi connectivity index (χ0n) is 12.1. The first-order valence-corrected chi connectivity index (χ1v) is 6.23. The highest BCUT2D eigenvalue weighted by atomic mass is 19.2. The van der Waals surface area contributed by atoms with Crippen molar-refractivity contribution in [2.75, 3.05) is 27.4 Å². The first-order valence-electron chi connectivity index (χ1n) is 6.23. The van der Waals surface area contributed by atoms with Gasteiger partial charge in [-0.25, -0.2) is 18.4 Å². The molecule has 8 heteroatoms. The van der Waals surface area contributed by atoms with Crippen molar-refractivity contribution in [1.82, 2.24) is 10.6 Å². The van der Waals surface area contributed by atoms with Crippen molar-refractivity contribution in [3.63, 3.8) is 0 Å². The standard InChI is InChI=1S/C8H12N2O4.C6H4F2/c1-13-4-6-5(7(11)14-2)3-9-8(12)10-6;7-5-3-1-2-4-6(5)8/h3-4H2,1-2H3,(H2,9,10,12);1-4H. The van der Waals surface area contributed by atoms with E-state index < -0.39 is 17.6 Å². The maximum Gasteiger partial charge on any atom is 0.337 e. The second kappa shape index (κ2) is 8.73. The highest BCUT2D eigenvalue weighted by Crippen LogP contribution is 2.07. The highest BCUT2D eigenvalue weighted by molar-refractivity contribution is 5.93. The van der Waals surface area contributed by atoms with Gasteiger partial charge < -0.3 is 20.1 Å². The molecule has 1 aromatic rings. The van der Waals surface area contributed by atoms with Gasteiger partial charge in [0.05, 0.1) is 31.5 Å². The molecule has 22 heavy (non-hydrogen) atoms. The number of benzene rings is 1. The van der Waals surface area contributed by atoms with Crippen LogP contribution in [0, 0.1) is 11.6 Å². The molecule has 2 N–H and O–H groups in total. The molecule has 0 saturated heterocycles. The summed E-state index contributed by atoms with van der Waals surface area (Å²) in [6.07, 6.45) is 0. The summed E-state index contributed by atoms with van der Waals surface area (Å²) in [7, 11) is 2.77. The normalized spacial score (nSPS) is 13.5. The number of esters is 1. The maximum atomic E-state index is 11.9. The third kappa shape index (κ3) is 5.13. The van der Waals surface area contributed by atoms with Gasteiger partial charge in [-0.15, -0.1) is 0 Å². The molecule has 0 unspecified atom stereocenters. The monoisotopic (exact) mass is 314 g/mol. The number of ether oxygens (including phenoxy) is 2. The first kappa shape index (κ1) is 17.6. The Morgan fingerprint density at radius 1 is 1.23 bits per heavy atom. The number of carbonyl (C=O) groups is 2. The van der Waals surface area contributed by atoms with E-state index >= 15 is 0 Å². The molecule has 1 aliphatic rings. The number of methoxy groups -OCH3 is 2. The zero-order chi connectivity index (χ0) is 16.5. The van der Waals surface area contributed by atoms with Crippen LogP contribution in [-0.4, -0.2) is 39.4 Å². The fraction of sp³-hybridized carbons (Fsp3) is 0.286. The van der Waals surface area contributed by atoms with Crippen molar-refractivity contribution in [3.05, 3.63) is 47.2 Å². The van der Waals surface area contributed by atoms with Crippen molar-refractivity contribution >= 4 is 12.0 Å². The molecule has 0 aromatic heterocycles. The smallest absolute Gasteiger partial charge is 0.337 e. The number of halogens is 2. The topological polar surface area (TPSA) is 76.7 Å². The van der Waals surface area contributed by atoms with Crippen molar-refractivity contribution in [1.29, 1.82) is 0 Å². The minimum atomic E-state index is -0.799. The Bertz CT molecular complexity index is 555. The molecule has 1 aliphatic heterocycles. The van der Waals surface area contributed by atoms with E-state index in [1.54, 1.807) is 0 Å². The first-order chi connectivity index (χ1) is 10.5. The molecule has 0 spiro atoms. The van der Waals surface area contributed by atoms with E-state index in [0.717, 1.165) is 12.1 Å². The summed E-state index contributed by atoms with van der Waals surface area (Å²) in [5.41, 5.74) is 0.831. The number of rotatable bonds is 3. The summed E-state index contributed by atoms with van der Waals surface area (Å²) in [5, 5.41) is 4.96. The van der Waals surface area contributed by atoms with Crippen molar-refractivity contribution in [2.45, 2.75) is 0 Å². The summed E-state index contributed by atoms with van der Waals surface area (Å²) >= 11 is 0. The second-order valence-electron chi connectivity index (χ2n) is 4.10. The summed E-state index contributed by atoms with van der Waals surface area (Å²) in [5.74, 6) is -2.07. The van der Waals surface area contributed by atoms with E-state index in [4.69, 9.17) is 4.74 Å². The van der Waals surface area contributed by atoms with Crippen LogP contribution in [0.1, 0.15) is 0 Å². The molecular weight excluding hydrogens is 298 g/mol. The Balaban J connectivity index is 0.000000255. The lowest BCUT2D eigenvalue weighted by Gasteiger charge is -2.20. The van der Waals surface area contributed by atoms with Crippen LogP contribution in [0.15, 0.2) is 35.5 Å². The Kier molecular flexibility index (Phi) is 6.97. The Morgan fingerprint density at radius 3 is 2.27 bits per heavy atom. The van der Waals surface area contributed by atoms with Gasteiger partial charge in [0.25, 0.3) is 0 Å². The van der Waals surface area contributed by atoms with Crippen LogP contribution in [0.2, 0.25) is 0 Å². The number of hydrogen-bond acceptors (Lipinski definition) is 4. The number of carbonyl (C=O) groups excluding carboxylic acids is 2. The molecular formula is C14H16F2N2O4. The second-order valence-corrected chi connectivity index (χ2v) is 4.10. The Labute approximate surface area is 126 Å². The van der Waals surface area contributed by atoms with Crippen LogP contribution in [0.5, 0.6) is 0 Å². The lowest BCUT2D eigenvalue weighted by atomic mass is 10.2. The molecule has 0 bridgehead atoms. The predicted molar refractivity (Wildman–Crippen MR) is 73.8 cm³/mol. The van der Waals surface area contributed by atoms with Crippen molar-refractivity contribution in [3.8, 4) is 0 Å². The van der Waals surface area contributed by atoms with Gasteiger partial charge in [-0.05, 0) is 12.1 Å². The molecule has 1 aromatic carbocycles. The SMILES string of the molecule is COCC1=C(C(=O)OC)CNC(=O)N1.Fc1ccccc1F. The zero-order valence-corrected chi connectivity index (χ0v) is 12.1. The predicted octanol–water partition coefficient (Wildman–Crippen LogP) is 1.34. The number of hydrogen-bond donors (Lipinski definition) is 2. The molecule has 2 rings (SSSR count). The molecule has 6 nitrogen and oxygen atoms in total. The van der Waals surface area contributed by atoms with Gasteiger partial charge >= 0.3 is 12.0 Å². The highest BCUT2D eigenvalue weighted by Gasteiger charge is 2.22. The minimum Gasteiger partial charge on any atom is -0.466 e. The number of nitrogens with one attached hydrogen (secondary N) is 2. The fourth-order valence-corrected chi connectivity index (χ4v) is 1.56. The minimum absolute atomic E-state index is 0.164. The molecule has 120 valence electrons. The fourth-order valence-electron chi connectivity index (χ4n) is 1.56. The third-order valence-electron chi connectivity index (χ3n) is 2.60. The number of amides is 2. The van der Waals surface area contributed by atoms with Crippen LogP contribution in [0.3, 0.4) is 0 Å². The molecule has 0 atom stereocenters. The van der Waals surface area contributed by atoms with Crippen LogP contribution in [0.4, 0.5) is 13.6 Å². The van der Waals surface area contributed by atoms with Crippen molar-refractivity contribution < 1.29 is 27.8 Å². The van der Waals surface area contributed by atoms with Gasteiger partial charge in [0.2, 0.25) is 0 Å². The van der Waals surface area contributed by atoms with E-state index in [1.165, 1.54) is 26.4 Å². The molecule has 1 heterocycles. The van der Waals surface area contributed by atoms with Crippen LogP contribution in [-0.2, 0) is 14.3 Å². The average molecular weight is 314 g/mol. The van der Waals surface area contributed by atoms with Crippen LogP contribution >= 0.6 is 0 Å². The Hall–Kier alpha value is -2.48. The molecule has 0 fully saturated rings. The quantitative estimate of drug-likeness (QED) is 0.826. The van der Waals surface area contributed by atoms with Gasteiger partial charge in [0, 0.05) is 7.11 Å². The molecule has 0 saturated carbocycles. The largest absolute Gasteiger partial charge is 0.466 e. The van der Waals surface area contributed by atoms with Gasteiger partial charge in [0.15, 0.2) is 11.6 Å². The molecule has 0 radical (unpaired) electrons. The lowest BCUT2D eigenvalue weighted by Crippen LogP contribution is -2.44. The van der Waals surface area contributed by atoms with E-state index in [0.29, 0.717) is 11.3 Å². The number of urea groups is 1. The van der Waals surface area contributed by atoms with E-state index in [2.05, 4.69) is 15.4 Å².